The lowest BCUT2D eigenvalue weighted by molar-refractivity contribution is 0.102. The van der Waals surface area contributed by atoms with E-state index in [1.165, 1.54) is 0 Å². The van der Waals surface area contributed by atoms with Gasteiger partial charge in [0.15, 0.2) is 11.5 Å². The number of nitrogens with one attached hydrogen (secondary N) is 2. The van der Waals surface area contributed by atoms with E-state index < -0.39 is 0 Å². The number of carbonyl (C=O) groups is 1. The molecule has 6 rings (SSSR count). The lowest BCUT2D eigenvalue weighted by Gasteiger charge is -2.33. The molecule has 1 amide bonds. The molecular formula is C25H23N9O. The molecule has 0 saturated carbocycles. The Morgan fingerprint density at radius 1 is 0.971 bits per heavy atom. The molecule has 5 heterocycles. The van der Waals surface area contributed by atoms with Crippen LogP contribution in [-0.4, -0.2) is 74.2 Å². The average Bonchev–Trinajstić information content (AvgIpc) is 3.37. The van der Waals surface area contributed by atoms with Crippen LogP contribution in [0.2, 0.25) is 0 Å². The second kappa shape index (κ2) is 8.73. The number of likely N-dealkylation sites (N-methyl/N-ethyl adjacent to an activating group) is 1. The van der Waals surface area contributed by atoms with Crippen LogP contribution < -0.4 is 10.2 Å². The standard InChI is InChI=1S/C25H23N9O/c1-33-8-10-34(11-9-33)23-14-17(4-6-26-23)25(35)30-22-13-18-12-16(2-3-19(18)31-32-22)21-15-28-24-20(29-21)5-7-27-24/h2-7,12-15H,8-11H2,1H3,(H,27,28)(H,30,32,35). The van der Waals surface area contributed by atoms with Crippen LogP contribution in [-0.2, 0) is 0 Å². The fourth-order valence-electron chi connectivity index (χ4n) is 4.19. The molecule has 174 valence electrons. The average molecular weight is 466 g/mol. The number of pyridine rings is 1. The smallest absolute Gasteiger partial charge is 0.257 e. The van der Waals surface area contributed by atoms with E-state index in [0.717, 1.165) is 65.3 Å². The van der Waals surface area contributed by atoms with Crippen LogP contribution in [0.3, 0.4) is 0 Å². The zero-order valence-corrected chi connectivity index (χ0v) is 19.1. The van der Waals surface area contributed by atoms with Gasteiger partial charge in [0.1, 0.15) is 11.3 Å². The molecule has 0 radical (unpaired) electrons. The summed E-state index contributed by atoms with van der Waals surface area (Å²) in [6.07, 6.45) is 5.22. The maximum atomic E-state index is 13.0. The molecule has 5 aromatic rings. The van der Waals surface area contributed by atoms with Gasteiger partial charge in [-0.15, -0.1) is 10.2 Å². The summed E-state index contributed by atoms with van der Waals surface area (Å²) in [6.45, 7) is 3.71. The van der Waals surface area contributed by atoms with Crippen molar-refractivity contribution in [2.24, 2.45) is 0 Å². The van der Waals surface area contributed by atoms with Gasteiger partial charge in [0.2, 0.25) is 0 Å². The normalized spacial score (nSPS) is 14.5. The van der Waals surface area contributed by atoms with Crippen LogP contribution in [0.15, 0.2) is 61.1 Å². The Kier molecular flexibility index (Phi) is 5.27. The quantitative estimate of drug-likeness (QED) is 0.416. The Balaban J connectivity index is 1.24. The van der Waals surface area contributed by atoms with Crippen molar-refractivity contribution in [3.05, 3.63) is 66.6 Å². The number of hydrogen-bond donors (Lipinski definition) is 2. The van der Waals surface area contributed by atoms with Crippen molar-refractivity contribution in [2.75, 3.05) is 43.4 Å². The number of aromatic amines is 1. The number of amides is 1. The third-order valence-corrected chi connectivity index (χ3v) is 6.22. The number of rotatable bonds is 4. The van der Waals surface area contributed by atoms with Gasteiger partial charge in [0.05, 0.1) is 17.4 Å². The third kappa shape index (κ3) is 4.26. The minimum atomic E-state index is -0.253. The summed E-state index contributed by atoms with van der Waals surface area (Å²) < 4.78 is 0. The first-order valence-electron chi connectivity index (χ1n) is 11.4. The van der Waals surface area contributed by atoms with Crippen LogP contribution in [0.1, 0.15) is 10.4 Å². The van der Waals surface area contributed by atoms with E-state index in [1.54, 1.807) is 18.5 Å². The summed E-state index contributed by atoms with van der Waals surface area (Å²) in [5.41, 5.74) is 4.47. The van der Waals surface area contributed by atoms with Gasteiger partial charge in [0.25, 0.3) is 5.91 Å². The van der Waals surface area contributed by atoms with Crippen molar-refractivity contribution < 1.29 is 4.79 Å². The highest BCUT2D eigenvalue weighted by Gasteiger charge is 2.17. The number of fused-ring (bicyclic) bond motifs is 2. The van der Waals surface area contributed by atoms with E-state index in [-0.39, 0.29) is 5.91 Å². The minimum Gasteiger partial charge on any atom is -0.354 e. The summed E-state index contributed by atoms with van der Waals surface area (Å²) in [5, 5.41) is 12.2. The zero-order valence-electron chi connectivity index (χ0n) is 19.1. The molecular weight excluding hydrogens is 442 g/mol. The molecule has 0 spiro atoms. The molecule has 0 bridgehead atoms. The maximum absolute atomic E-state index is 13.0. The van der Waals surface area contributed by atoms with E-state index in [4.69, 9.17) is 0 Å². The van der Waals surface area contributed by atoms with E-state index >= 15 is 0 Å². The van der Waals surface area contributed by atoms with Crippen molar-refractivity contribution in [1.82, 2.24) is 35.0 Å². The highest BCUT2D eigenvalue weighted by Crippen LogP contribution is 2.24. The molecule has 4 aromatic heterocycles. The summed E-state index contributed by atoms with van der Waals surface area (Å²) in [5.74, 6) is 0.932. The predicted molar refractivity (Wildman–Crippen MR) is 134 cm³/mol. The third-order valence-electron chi connectivity index (χ3n) is 6.22. The highest BCUT2D eigenvalue weighted by atomic mass is 16.1. The highest BCUT2D eigenvalue weighted by molar-refractivity contribution is 6.04. The SMILES string of the molecule is CN1CCN(c2cc(C(=O)Nc3cc4cc(-c5cnc6[nH]ccc6n5)ccc4nn3)ccn2)CC1. The summed E-state index contributed by atoms with van der Waals surface area (Å²) in [4.78, 5) is 34.0. The fraction of sp³-hybridized carbons (Fsp3) is 0.200. The Hall–Kier alpha value is -4.44. The van der Waals surface area contributed by atoms with Crippen molar-refractivity contribution in [3.8, 4) is 11.3 Å². The maximum Gasteiger partial charge on any atom is 0.257 e. The number of anilines is 2. The number of H-pyrrole nitrogens is 1. The lowest BCUT2D eigenvalue weighted by atomic mass is 10.1. The molecule has 0 aliphatic carbocycles. The molecule has 35 heavy (non-hydrogen) atoms. The lowest BCUT2D eigenvalue weighted by Crippen LogP contribution is -2.44. The topological polar surface area (TPSA) is 116 Å². The first kappa shape index (κ1) is 21.1. The summed E-state index contributed by atoms with van der Waals surface area (Å²) >= 11 is 0. The van der Waals surface area contributed by atoms with E-state index in [9.17, 15) is 4.79 Å². The number of piperazine rings is 1. The van der Waals surface area contributed by atoms with Gasteiger partial charge in [-0.2, -0.15) is 0 Å². The molecule has 1 fully saturated rings. The Morgan fingerprint density at radius 2 is 1.86 bits per heavy atom. The second-order valence-corrected chi connectivity index (χ2v) is 8.62. The minimum absolute atomic E-state index is 0.253. The molecule has 2 N–H and O–H groups in total. The number of carbonyl (C=O) groups excluding carboxylic acids is 1. The Bertz CT molecular complexity index is 1540. The van der Waals surface area contributed by atoms with Crippen molar-refractivity contribution >= 4 is 39.6 Å². The molecule has 1 aliphatic rings. The summed E-state index contributed by atoms with van der Waals surface area (Å²) in [7, 11) is 2.11. The molecule has 0 unspecified atom stereocenters. The molecule has 0 atom stereocenters. The number of hydrogen-bond acceptors (Lipinski definition) is 8. The molecule has 10 nitrogen and oxygen atoms in total. The molecule has 1 aliphatic heterocycles. The molecule has 10 heteroatoms. The van der Waals surface area contributed by atoms with E-state index in [2.05, 4.69) is 52.3 Å². The Morgan fingerprint density at radius 3 is 2.74 bits per heavy atom. The van der Waals surface area contributed by atoms with Crippen LogP contribution in [0.5, 0.6) is 0 Å². The van der Waals surface area contributed by atoms with Crippen LogP contribution >= 0.6 is 0 Å². The van der Waals surface area contributed by atoms with Crippen molar-refractivity contribution in [2.45, 2.75) is 0 Å². The van der Waals surface area contributed by atoms with E-state index in [0.29, 0.717) is 11.4 Å². The van der Waals surface area contributed by atoms with Gasteiger partial charge in [-0.25, -0.2) is 15.0 Å². The first-order valence-corrected chi connectivity index (χ1v) is 11.4. The predicted octanol–water partition coefficient (Wildman–Crippen LogP) is 2.97. The fourth-order valence-corrected chi connectivity index (χ4v) is 4.19. The first-order chi connectivity index (χ1) is 17.1. The second-order valence-electron chi connectivity index (χ2n) is 8.62. The largest absolute Gasteiger partial charge is 0.354 e. The van der Waals surface area contributed by atoms with Crippen molar-refractivity contribution in [3.63, 3.8) is 0 Å². The molecule has 1 aromatic carbocycles. The van der Waals surface area contributed by atoms with Crippen LogP contribution in [0.25, 0.3) is 33.3 Å². The van der Waals surface area contributed by atoms with Gasteiger partial charge in [0, 0.05) is 55.1 Å². The van der Waals surface area contributed by atoms with Crippen LogP contribution in [0, 0.1) is 0 Å². The van der Waals surface area contributed by atoms with Gasteiger partial charge in [-0.3, -0.25) is 4.79 Å². The number of benzene rings is 1. The Labute approximate surface area is 201 Å². The monoisotopic (exact) mass is 465 g/mol. The van der Waals surface area contributed by atoms with Gasteiger partial charge >= 0.3 is 0 Å². The van der Waals surface area contributed by atoms with Crippen molar-refractivity contribution in [1.29, 1.82) is 0 Å². The van der Waals surface area contributed by atoms with E-state index in [1.807, 2.05) is 42.6 Å². The molecule has 1 saturated heterocycles. The number of nitrogens with zero attached hydrogens (tertiary/aromatic N) is 7. The van der Waals surface area contributed by atoms with Gasteiger partial charge in [-0.1, -0.05) is 6.07 Å². The van der Waals surface area contributed by atoms with Gasteiger partial charge < -0.3 is 20.1 Å². The van der Waals surface area contributed by atoms with Gasteiger partial charge in [-0.05, 0) is 43.4 Å². The zero-order chi connectivity index (χ0) is 23.8. The number of aromatic nitrogens is 6. The van der Waals surface area contributed by atoms with Crippen LogP contribution in [0.4, 0.5) is 11.6 Å². The summed E-state index contributed by atoms with van der Waals surface area (Å²) in [6, 6.07) is 13.0.